The van der Waals surface area contributed by atoms with E-state index in [0.717, 1.165) is 33.3 Å². The minimum Gasteiger partial charge on any atom is -0.463 e. The zero-order valence-corrected chi connectivity index (χ0v) is 22.4. The van der Waals surface area contributed by atoms with Gasteiger partial charge in [0.2, 0.25) is 5.62 Å². The van der Waals surface area contributed by atoms with Crippen molar-refractivity contribution in [3.8, 4) is 0 Å². The summed E-state index contributed by atoms with van der Waals surface area (Å²) in [4.78, 5) is 29.1. The first kappa shape index (κ1) is 26.6. The molecule has 0 spiro atoms. The number of carbonyl (C=O) groups excluding carboxylic acids is 1. The minimum atomic E-state index is -1.29. The third-order valence-electron chi connectivity index (χ3n) is 6.81. The van der Waals surface area contributed by atoms with Crippen molar-refractivity contribution < 1.29 is 14.7 Å². The van der Waals surface area contributed by atoms with Crippen LogP contribution in [-0.4, -0.2) is 43.0 Å². The van der Waals surface area contributed by atoms with Crippen LogP contribution in [0.15, 0.2) is 96.1 Å². The molecule has 2 N–H and O–H groups in total. The number of imidazole rings is 1. The predicted octanol–water partition coefficient (Wildman–Crippen LogP) is 4.69. The average Bonchev–Trinajstić information content (AvgIpc) is 3.25. The Bertz CT molecular complexity index is 1700. The molecule has 0 saturated heterocycles. The van der Waals surface area contributed by atoms with E-state index in [9.17, 15) is 14.7 Å². The first-order valence-corrected chi connectivity index (χ1v) is 13.0. The van der Waals surface area contributed by atoms with E-state index in [4.69, 9.17) is 0 Å². The number of amides is 2. The smallest absolute Gasteiger partial charge is 0.434 e. The highest BCUT2D eigenvalue weighted by atomic mass is 16.4. The van der Waals surface area contributed by atoms with Crippen LogP contribution in [-0.2, 0) is 13.0 Å². The number of nitrogens with one attached hydrogen (secondary N) is 1. The molecule has 0 fully saturated rings. The Balaban J connectivity index is 1.64. The topological polar surface area (TPSA) is 114 Å². The largest absolute Gasteiger partial charge is 0.463 e. The standard InChI is InChI=1S/C31H30N6O3/c1-21-9-13-23(14-10-21)18-25(19-32-29(38)26-6-5-17-33-35-26)37-28-8-4-3-7-27(28)36(30(37)34-31(39)40)20-24-15-11-22(2)12-16-24/h3-17,25H,18-20H2,1-2H3,(H,32,38)(H,39,40). The van der Waals surface area contributed by atoms with Gasteiger partial charge in [0.15, 0.2) is 5.69 Å². The summed E-state index contributed by atoms with van der Waals surface area (Å²) >= 11 is 0. The normalized spacial score (nSPS) is 12.4. The Morgan fingerprint density at radius 1 is 0.875 bits per heavy atom. The van der Waals surface area contributed by atoms with Crippen LogP contribution in [0.25, 0.3) is 11.0 Å². The number of aromatic nitrogens is 4. The molecule has 9 nitrogen and oxygen atoms in total. The second kappa shape index (κ2) is 11.8. The molecule has 202 valence electrons. The van der Waals surface area contributed by atoms with Crippen molar-refractivity contribution in [3.63, 3.8) is 0 Å². The van der Waals surface area contributed by atoms with Crippen LogP contribution in [0.5, 0.6) is 0 Å². The van der Waals surface area contributed by atoms with Crippen molar-refractivity contribution in [1.82, 2.24) is 24.6 Å². The Morgan fingerprint density at radius 3 is 2.15 bits per heavy atom. The number of carboxylic acid groups (broad SMARTS) is 1. The van der Waals surface area contributed by atoms with Crippen LogP contribution in [0, 0.1) is 13.8 Å². The molecule has 1 unspecified atom stereocenters. The van der Waals surface area contributed by atoms with Gasteiger partial charge in [0.1, 0.15) is 0 Å². The molecular formula is C31H30N6O3. The van der Waals surface area contributed by atoms with E-state index in [1.54, 1.807) is 12.1 Å². The number of rotatable bonds is 8. The molecule has 0 aliphatic carbocycles. The van der Waals surface area contributed by atoms with E-state index in [0.29, 0.717) is 18.6 Å². The van der Waals surface area contributed by atoms with E-state index < -0.39 is 6.09 Å². The number of para-hydroxylation sites is 2. The second-order valence-corrected chi connectivity index (χ2v) is 9.79. The van der Waals surface area contributed by atoms with Crippen molar-refractivity contribution in [2.24, 2.45) is 4.99 Å². The lowest BCUT2D eigenvalue weighted by Crippen LogP contribution is -2.38. The molecule has 40 heavy (non-hydrogen) atoms. The number of hydrogen-bond acceptors (Lipinski definition) is 4. The third-order valence-corrected chi connectivity index (χ3v) is 6.81. The first-order valence-electron chi connectivity index (χ1n) is 13.0. The van der Waals surface area contributed by atoms with Crippen molar-refractivity contribution in [2.45, 2.75) is 32.9 Å². The van der Waals surface area contributed by atoms with Gasteiger partial charge in [-0.05, 0) is 55.7 Å². The van der Waals surface area contributed by atoms with E-state index in [1.165, 1.54) is 6.20 Å². The first-order chi connectivity index (χ1) is 19.4. The molecule has 1 atom stereocenters. The fraction of sp³-hybridized carbons (Fsp3) is 0.194. The van der Waals surface area contributed by atoms with Gasteiger partial charge in [-0.15, -0.1) is 10.1 Å². The Kier molecular flexibility index (Phi) is 7.82. The monoisotopic (exact) mass is 534 g/mol. The molecule has 3 aromatic carbocycles. The predicted molar refractivity (Wildman–Crippen MR) is 152 cm³/mol. The lowest BCUT2D eigenvalue weighted by Gasteiger charge is -2.21. The van der Waals surface area contributed by atoms with Crippen molar-refractivity contribution in [2.75, 3.05) is 6.54 Å². The number of benzene rings is 3. The number of nitrogens with zero attached hydrogens (tertiary/aromatic N) is 5. The maximum Gasteiger partial charge on any atom is 0.434 e. The Hall–Kier alpha value is -5.05. The molecule has 0 radical (unpaired) electrons. The van der Waals surface area contributed by atoms with Crippen molar-refractivity contribution in [3.05, 3.63) is 125 Å². The average molecular weight is 535 g/mol. The molecule has 5 rings (SSSR count). The van der Waals surface area contributed by atoms with Gasteiger partial charge in [-0.25, -0.2) is 4.79 Å². The quantitative estimate of drug-likeness (QED) is 0.300. The fourth-order valence-electron chi connectivity index (χ4n) is 4.81. The minimum absolute atomic E-state index is 0.207. The summed E-state index contributed by atoms with van der Waals surface area (Å²) in [6, 6.07) is 27.0. The highest BCUT2D eigenvalue weighted by Gasteiger charge is 2.22. The molecule has 0 aliphatic rings. The van der Waals surface area contributed by atoms with Crippen LogP contribution in [0.3, 0.4) is 0 Å². The molecule has 0 aliphatic heterocycles. The number of hydrogen-bond donors (Lipinski definition) is 2. The third kappa shape index (κ3) is 5.99. The highest BCUT2D eigenvalue weighted by Crippen LogP contribution is 2.22. The molecule has 2 amide bonds. The number of fused-ring (bicyclic) bond motifs is 1. The van der Waals surface area contributed by atoms with Crippen LogP contribution in [0.1, 0.15) is 38.8 Å². The summed E-state index contributed by atoms with van der Waals surface area (Å²) in [5.41, 5.74) is 6.51. The molecule has 0 bridgehead atoms. The van der Waals surface area contributed by atoms with Crippen LogP contribution >= 0.6 is 0 Å². The van der Waals surface area contributed by atoms with Crippen molar-refractivity contribution >= 4 is 23.0 Å². The number of carbonyl (C=O) groups is 2. The van der Waals surface area contributed by atoms with E-state index >= 15 is 0 Å². The van der Waals surface area contributed by atoms with Gasteiger partial charge in [-0.2, -0.15) is 5.10 Å². The summed E-state index contributed by atoms with van der Waals surface area (Å²) in [5.74, 6) is -0.359. The summed E-state index contributed by atoms with van der Waals surface area (Å²) in [6.45, 7) is 4.70. The van der Waals surface area contributed by atoms with Gasteiger partial charge in [-0.3, -0.25) is 4.79 Å². The maximum absolute atomic E-state index is 12.9. The zero-order chi connectivity index (χ0) is 28.1. The summed E-state index contributed by atoms with van der Waals surface area (Å²) in [6.07, 6.45) is 0.751. The summed E-state index contributed by atoms with van der Waals surface area (Å²) in [7, 11) is 0. The Labute approximate surface area is 231 Å². The molecule has 9 heteroatoms. The lowest BCUT2D eigenvalue weighted by molar-refractivity contribution is 0.0941. The SMILES string of the molecule is Cc1ccc(CC(CNC(=O)c2cccnn2)n2c(=NC(=O)O)n(Cc3ccc(C)cc3)c3ccccc32)cc1. The van der Waals surface area contributed by atoms with Gasteiger partial charge in [0.05, 0.1) is 23.6 Å². The van der Waals surface area contributed by atoms with E-state index in [1.807, 2.05) is 95.8 Å². The summed E-state index contributed by atoms with van der Waals surface area (Å²) < 4.78 is 3.84. The summed E-state index contributed by atoms with van der Waals surface area (Å²) in [5, 5.41) is 20.5. The van der Waals surface area contributed by atoms with Gasteiger partial charge in [0.25, 0.3) is 5.91 Å². The van der Waals surface area contributed by atoms with Crippen LogP contribution in [0.2, 0.25) is 0 Å². The van der Waals surface area contributed by atoms with Gasteiger partial charge in [-0.1, -0.05) is 71.8 Å². The second-order valence-electron chi connectivity index (χ2n) is 9.79. The highest BCUT2D eigenvalue weighted by molar-refractivity contribution is 5.92. The van der Waals surface area contributed by atoms with Gasteiger partial charge >= 0.3 is 6.09 Å². The van der Waals surface area contributed by atoms with E-state index in [-0.39, 0.29) is 24.2 Å². The fourth-order valence-corrected chi connectivity index (χ4v) is 4.81. The van der Waals surface area contributed by atoms with Gasteiger partial charge < -0.3 is 19.6 Å². The maximum atomic E-state index is 12.9. The molecule has 2 aromatic heterocycles. The molecule has 5 aromatic rings. The van der Waals surface area contributed by atoms with Crippen LogP contribution in [0.4, 0.5) is 4.79 Å². The Morgan fingerprint density at radius 2 is 1.52 bits per heavy atom. The lowest BCUT2D eigenvalue weighted by atomic mass is 10.0. The molecule has 2 heterocycles. The molecule has 0 saturated carbocycles. The van der Waals surface area contributed by atoms with E-state index in [2.05, 4.69) is 20.5 Å². The zero-order valence-electron chi connectivity index (χ0n) is 22.4. The number of aryl methyl sites for hydroxylation is 2. The van der Waals surface area contributed by atoms with Crippen LogP contribution < -0.4 is 10.9 Å². The van der Waals surface area contributed by atoms with Gasteiger partial charge in [0, 0.05) is 12.7 Å². The van der Waals surface area contributed by atoms with Crippen molar-refractivity contribution in [1.29, 1.82) is 0 Å². The molecular weight excluding hydrogens is 504 g/mol.